The van der Waals surface area contributed by atoms with E-state index in [0.717, 1.165) is 22.2 Å². The third kappa shape index (κ3) is 2.58. The molecule has 0 unspecified atom stereocenters. The van der Waals surface area contributed by atoms with Crippen LogP contribution in [0.1, 0.15) is 22.8 Å². The molecule has 4 nitrogen and oxygen atoms in total. The van der Waals surface area contributed by atoms with Crippen molar-refractivity contribution in [2.45, 2.75) is 13.5 Å². The molecule has 0 amide bonds. The summed E-state index contributed by atoms with van der Waals surface area (Å²) < 4.78 is 10.3. The molecule has 1 heterocycles. The van der Waals surface area contributed by atoms with Crippen LogP contribution in [-0.2, 0) is 16.0 Å². The van der Waals surface area contributed by atoms with Crippen LogP contribution in [0.2, 0.25) is 0 Å². The Labute approximate surface area is 123 Å². The number of benzene rings is 2. The van der Waals surface area contributed by atoms with Crippen LogP contribution in [0.5, 0.6) is 0 Å². The maximum atomic E-state index is 11.8. The molecule has 3 rings (SSSR count). The molecule has 0 radical (unpaired) electrons. The molecule has 1 aliphatic heterocycles. The molecule has 0 bridgehead atoms. The number of esters is 1. The molecule has 0 atom stereocenters. The van der Waals surface area contributed by atoms with Gasteiger partial charge in [0.25, 0.3) is 0 Å². The van der Waals surface area contributed by atoms with Crippen LogP contribution in [0.4, 0.5) is 0 Å². The van der Waals surface area contributed by atoms with Crippen LogP contribution in [0.15, 0.2) is 42.5 Å². The van der Waals surface area contributed by atoms with Crippen molar-refractivity contribution in [2.75, 3.05) is 6.61 Å². The Morgan fingerprint density at radius 1 is 1.33 bits per heavy atom. The van der Waals surface area contributed by atoms with E-state index in [1.54, 1.807) is 19.1 Å². The van der Waals surface area contributed by atoms with Crippen LogP contribution in [0.25, 0.3) is 11.1 Å². The molecule has 5 heteroatoms. The Kier molecular flexibility index (Phi) is 3.77. The second-order valence-electron chi connectivity index (χ2n) is 4.84. The van der Waals surface area contributed by atoms with Crippen molar-refractivity contribution in [1.82, 2.24) is 0 Å². The third-order valence-electron chi connectivity index (χ3n) is 3.55. The molecular weight excluding hydrogens is 267 g/mol. The minimum atomic E-state index is -0.867. The summed E-state index contributed by atoms with van der Waals surface area (Å²) in [7, 11) is -0.867. The average molecular weight is 282 g/mol. The topological polar surface area (TPSA) is 55.8 Å². The number of fused-ring (bicyclic) bond motifs is 1. The van der Waals surface area contributed by atoms with Gasteiger partial charge in [0, 0.05) is 0 Å². The highest BCUT2D eigenvalue weighted by Gasteiger charge is 2.29. The summed E-state index contributed by atoms with van der Waals surface area (Å²) in [6, 6.07) is 13.0. The Bertz CT molecular complexity index is 684. The molecule has 0 fully saturated rings. The lowest BCUT2D eigenvalue weighted by Gasteiger charge is -2.09. The number of ether oxygens (including phenoxy) is 1. The number of hydrogen-bond acceptors (Lipinski definition) is 4. The first-order chi connectivity index (χ1) is 10.2. The standard InChI is InChI=1S/C16H15BO4/c1-2-20-16(18)12-6-3-5-11(9-12)13-7-4-8-15-14(13)10-21-17(15)19/h3-9,19H,2,10H2,1H3. The van der Waals surface area contributed by atoms with E-state index in [1.807, 2.05) is 30.3 Å². The number of carbonyl (C=O) groups excluding carboxylic acids is 1. The lowest BCUT2D eigenvalue weighted by molar-refractivity contribution is 0.0526. The Hall–Kier alpha value is -2.11. The summed E-state index contributed by atoms with van der Waals surface area (Å²) in [4.78, 5) is 11.8. The molecule has 106 valence electrons. The largest absolute Gasteiger partial charge is 0.491 e. The Morgan fingerprint density at radius 2 is 2.14 bits per heavy atom. The number of rotatable bonds is 3. The zero-order valence-electron chi connectivity index (χ0n) is 11.7. The zero-order valence-corrected chi connectivity index (χ0v) is 11.7. The Morgan fingerprint density at radius 3 is 2.95 bits per heavy atom. The monoisotopic (exact) mass is 282 g/mol. The van der Waals surface area contributed by atoms with Crippen molar-refractivity contribution in [3.8, 4) is 11.1 Å². The molecular formula is C16H15BO4. The van der Waals surface area contributed by atoms with Gasteiger partial charge in [-0.2, -0.15) is 0 Å². The van der Waals surface area contributed by atoms with E-state index in [1.165, 1.54) is 0 Å². The Balaban J connectivity index is 2.02. The van der Waals surface area contributed by atoms with Gasteiger partial charge in [0.1, 0.15) is 0 Å². The maximum Gasteiger partial charge on any atom is 0.491 e. The van der Waals surface area contributed by atoms with Gasteiger partial charge in [0.05, 0.1) is 18.8 Å². The van der Waals surface area contributed by atoms with E-state index in [0.29, 0.717) is 18.8 Å². The summed E-state index contributed by atoms with van der Waals surface area (Å²) in [5, 5.41) is 9.77. The predicted molar refractivity (Wildman–Crippen MR) is 80.2 cm³/mol. The fraction of sp³-hybridized carbons (Fsp3) is 0.188. The summed E-state index contributed by atoms with van der Waals surface area (Å²) in [6.07, 6.45) is 0. The van der Waals surface area contributed by atoms with Crippen LogP contribution in [0, 0.1) is 0 Å². The van der Waals surface area contributed by atoms with Gasteiger partial charge in [-0.05, 0) is 41.2 Å². The molecule has 1 aliphatic rings. The highest BCUT2D eigenvalue weighted by Crippen LogP contribution is 2.27. The van der Waals surface area contributed by atoms with Crippen molar-refractivity contribution >= 4 is 18.6 Å². The fourth-order valence-electron chi connectivity index (χ4n) is 2.55. The lowest BCUT2D eigenvalue weighted by Crippen LogP contribution is -2.27. The summed E-state index contributed by atoms with van der Waals surface area (Å²) in [5.74, 6) is -0.330. The molecule has 21 heavy (non-hydrogen) atoms. The van der Waals surface area contributed by atoms with Crippen LogP contribution in [-0.4, -0.2) is 24.7 Å². The lowest BCUT2D eigenvalue weighted by atomic mass is 9.77. The van der Waals surface area contributed by atoms with E-state index in [-0.39, 0.29) is 5.97 Å². The van der Waals surface area contributed by atoms with Crippen LogP contribution < -0.4 is 5.46 Å². The van der Waals surface area contributed by atoms with Gasteiger partial charge in [-0.15, -0.1) is 0 Å². The van der Waals surface area contributed by atoms with Gasteiger partial charge in [-0.25, -0.2) is 4.79 Å². The maximum absolute atomic E-state index is 11.8. The zero-order chi connectivity index (χ0) is 14.8. The summed E-state index contributed by atoms with van der Waals surface area (Å²) in [5.41, 5.74) is 4.15. The molecule has 0 aromatic heterocycles. The minimum Gasteiger partial charge on any atom is -0.462 e. The quantitative estimate of drug-likeness (QED) is 0.688. The normalized spacial score (nSPS) is 13.1. The molecule has 2 aromatic rings. The van der Waals surface area contributed by atoms with Gasteiger partial charge in [-0.1, -0.05) is 30.3 Å². The van der Waals surface area contributed by atoms with Crippen LogP contribution >= 0.6 is 0 Å². The van der Waals surface area contributed by atoms with E-state index in [9.17, 15) is 9.82 Å². The van der Waals surface area contributed by atoms with Gasteiger partial charge >= 0.3 is 13.1 Å². The average Bonchev–Trinajstić information content (AvgIpc) is 2.89. The van der Waals surface area contributed by atoms with Crippen molar-refractivity contribution in [3.63, 3.8) is 0 Å². The molecule has 0 saturated heterocycles. The minimum absolute atomic E-state index is 0.330. The smallest absolute Gasteiger partial charge is 0.462 e. The van der Waals surface area contributed by atoms with Crippen molar-refractivity contribution in [2.24, 2.45) is 0 Å². The van der Waals surface area contributed by atoms with Gasteiger partial charge < -0.3 is 14.4 Å². The van der Waals surface area contributed by atoms with E-state index >= 15 is 0 Å². The van der Waals surface area contributed by atoms with E-state index in [4.69, 9.17) is 9.39 Å². The van der Waals surface area contributed by atoms with Gasteiger partial charge in [0.2, 0.25) is 0 Å². The van der Waals surface area contributed by atoms with E-state index < -0.39 is 7.12 Å². The molecule has 0 aliphatic carbocycles. The van der Waals surface area contributed by atoms with E-state index in [2.05, 4.69) is 0 Å². The van der Waals surface area contributed by atoms with Crippen molar-refractivity contribution in [3.05, 3.63) is 53.6 Å². The number of carbonyl (C=O) groups is 1. The molecule has 2 aromatic carbocycles. The first-order valence-corrected chi connectivity index (χ1v) is 6.89. The summed E-state index contributed by atoms with van der Waals surface area (Å²) in [6.45, 7) is 2.50. The SMILES string of the molecule is CCOC(=O)c1cccc(-c2cccc3c2COB3O)c1. The fourth-order valence-corrected chi connectivity index (χ4v) is 2.55. The first-order valence-electron chi connectivity index (χ1n) is 6.89. The third-order valence-corrected chi connectivity index (χ3v) is 3.55. The van der Waals surface area contributed by atoms with Crippen molar-refractivity contribution in [1.29, 1.82) is 0 Å². The highest BCUT2D eigenvalue weighted by molar-refractivity contribution is 6.61. The first kappa shape index (κ1) is 13.9. The van der Waals surface area contributed by atoms with Crippen LogP contribution in [0.3, 0.4) is 0 Å². The van der Waals surface area contributed by atoms with Gasteiger partial charge in [0.15, 0.2) is 0 Å². The number of hydrogen-bond donors (Lipinski definition) is 1. The highest BCUT2D eigenvalue weighted by atomic mass is 16.5. The second kappa shape index (κ2) is 5.72. The summed E-state index contributed by atoms with van der Waals surface area (Å²) >= 11 is 0. The van der Waals surface area contributed by atoms with Crippen molar-refractivity contribution < 1.29 is 19.2 Å². The second-order valence-corrected chi connectivity index (χ2v) is 4.84. The molecule has 0 spiro atoms. The molecule has 0 saturated carbocycles. The molecule has 1 N–H and O–H groups in total. The van der Waals surface area contributed by atoms with Gasteiger partial charge in [-0.3, -0.25) is 0 Å². The predicted octanol–water partition coefficient (Wildman–Crippen LogP) is 1.75.